The molecule has 0 radical (unpaired) electrons. The van der Waals surface area contributed by atoms with Crippen LogP contribution in [0.5, 0.6) is 5.75 Å². The topological polar surface area (TPSA) is 190 Å². The number of hydrogen-bond acceptors (Lipinski definition) is 8. The lowest BCUT2D eigenvalue weighted by molar-refractivity contribution is 0.0950. The van der Waals surface area contributed by atoms with E-state index in [0.717, 1.165) is 46.6 Å². The Kier molecular flexibility index (Phi) is 10.2. The third-order valence-electron chi connectivity index (χ3n) is 9.83. The summed E-state index contributed by atoms with van der Waals surface area (Å²) in [5, 5.41) is 12.0. The normalized spacial score (nSPS) is 15.9. The quantitative estimate of drug-likeness (QED) is 0.107. The number of aliphatic imine (C=N–C) groups is 1. The predicted molar refractivity (Wildman–Crippen MR) is 197 cm³/mol. The van der Waals surface area contributed by atoms with Crippen molar-refractivity contribution in [3.05, 3.63) is 98.8 Å². The van der Waals surface area contributed by atoms with Gasteiger partial charge in [-0.05, 0) is 94.1 Å². The van der Waals surface area contributed by atoms with E-state index in [2.05, 4.69) is 15.5 Å². The average molecular weight is 705 g/mol. The number of ketones is 1. The number of nitrogens with one attached hydrogen (secondary N) is 1. The van der Waals surface area contributed by atoms with Crippen LogP contribution in [0.1, 0.15) is 128 Å². The van der Waals surface area contributed by atoms with Crippen LogP contribution in [0.15, 0.2) is 53.2 Å². The number of hydrogen-bond donors (Lipinski definition) is 3. The van der Waals surface area contributed by atoms with Gasteiger partial charge in [-0.25, -0.2) is 0 Å². The summed E-state index contributed by atoms with van der Waals surface area (Å²) in [6.07, 6.45) is 4.91. The van der Waals surface area contributed by atoms with Crippen molar-refractivity contribution in [3.8, 4) is 5.75 Å². The Balaban J connectivity index is 1.23. The Hall–Kier alpha value is -5.85. The summed E-state index contributed by atoms with van der Waals surface area (Å²) in [6.45, 7) is 8.70. The van der Waals surface area contributed by atoms with E-state index in [-0.39, 0.29) is 35.5 Å². The molecule has 1 aliphatic heterocycles. The van der Waals surface area contributed by atoms with Crippen molar-refractivity contribution < 1.29 is 23.9 Å². The van der Waals surface area contributed by atoms with Gasteiger partial charge in [0.1, 0.15) is 17.1 Å². The number of nitrogens with two attached hydrogens (primary N) is 2. The first-order chi connectivity index (χ1) is 24.9. The van der Waals surface area contributed by atoms with Crippen LogP contribution in [0.25, 0.3) is 6.08 Å². The lowest BCUT2D eigenvalue weighted by Gasteiger charge is -2.20. The van der Waals surface area contributed by atoms with E-state index >= 15 is 0 Å². The predicted octanol–water partition coefficient (Wildman–Crippen LogP) is 5.51. The number of methoxy groups -OCH3 is 1. The highest BCUT2D eigenvalue weighted by molar-refractivity contribution is 6.14. The zero-order chi connectivity index (χ0) is 37.3. The molecule has 0 saturated heterocycles. The van der Waals surface area contributed by atoms with Crippen LogP contribution in [0.3, 0.4) is 0 Å². The number of carbonyl (C=O) groups excluding carboxylic acids is 4. The summed E-state index contributed by atoms with van der Waals surface area (Å²) < 4.78 is 9.13. The van der Waals surface area contributed by atoms with E-state index in [4.69, 9.17) is 21.2 Å². The zero-order valence-electron chi connectivity index (χ0n) is 30.2. The highest BCUT2D eigenvalue weighted by atomic mass is 16.5. The van der Waals surface area contributed by atoms with Crippen molar-refractivity contribution in [2.45, 2.75) is 84.7 Å². The molecule has 0 spiro atoms. The van der Waals surface area contributed by atoms with Gasteiger partial charge in [0.15, 0.2) is 5.78 Å². The summed E-state index contributed by atoms with van der Waals surface area (Å²) in [5.74, 6) is -1.31. The number of rotatable bonds is 15. The van der Waals surface area contributed by atoms with Crippen LogP contribution in [-0.4, -0.2) is 55.9 Å². The summed E-state index contributed by atoms with van der Waals surface area (Å²) >= 11 is 0. The van der Waals surface area contributed by atoms with E-state index in [9.17, 15) is 19.2 Å². The highest BCUT2D eigenvalue weighted by Gasteiger charge is 2.34. The summed E-state index contributed by atoms with van der Waals surface area (Å²) in [4.78, 5) is 56.2. The second kappa shape index (κ2) is 14.8. The number of allylic oxidation sites excluding steroid dienone is 1. The first kappa shape index (κ1) is 36.0. The monoisotopic (exact) mass is 704 g/mol. The number of fused-ring (bicyclic) bond motifs is 2. The fraction of sp³-hybridized carbons (Fsp3) is 0.359. The lowest BCUT2D eigenvalue weighted by Crippen LogP contribution is -2.27. The van der Waals surface area contributed by atoms with Crippen LogP contribution in [-0.2, 0) is 13.1 Å². The van der Waals surface area contributed by atoms with Gasteiger partial charge in [-0.15, -0.1) is 0 Å². The minimum atomic E-state index is -0.593. The first-order valence-electron chi connectivity index (χ1n) is 17.6. The second-order valence-corrected chi connectivity index (χ2v) is 13.3. The molecule has 2 aromatic carbocycles. The van der Waals surface area contributed by atoms with Gasteiger partial charge in [-0.1, -0.05) is 18.9 Å². The van der Waals surface area contributed by atoms with E-state index in [1.807, 2.05) is 39.8 Å². The molecule has 3 amide bonds. The summed E-state index contributed by atoms with van der Waals surface area (Å²) in [6, 6.07) is 12.2. The van der Waals surface area contributed by atoms with Gasteiger partial charge in [0.05, 0.1) is 30.6 Å². The van der Waals surface area contributed by atoms with Crippen LogP contribution >= 0.6 is 0 Å². The molecule has 1 aliphatic carbocycles. The molecule has 6 rings (SSSR count). The molecule has 2 aliphatic rings. The molecule has 4 aromatic rings. The van der Waals surface area contributed by atoms with Gasteiger partial charge in [-0.2, -0.15) is 10.2 Å². The molecule has 270 valence electrons. The molecule has 3 heterocycles. The molecule has 1 unspecified atom stereocenters. The number of ether oxygens (including phenoxy) is 1. The number of nitrogens with zero attached hydrogens (tertiary/aromatic N) is 5. The second-order valence-electron chi connectivity index (χ2n) is 13.3. The molecule has 0 saturated carbocycles. The number of carbonyl (C=O) groups is 4. The number of benzene rings is 2. The number of amides is 3. The van der Waals surface area contributed by atoms with E-state index in [0.29, 0.717) is 60.0 Å². The molecule has 0 fully saturated rings. The van der Waals surface area contributed by atoms with Crippen molar-refractivity contribution in [1.29, 1.82) is 0 Å². The Morgan fingerprint density at radius 3 is 2.10 bits per heavy atom. The fourth-order valence-electron chi connectivity index (χ4n) is 7.41. The Morgan fingerprint density at radius 1 is 0.827 bits per heavy atom. The smallest absolute Gasteiger partial charge is 0.273 e. The van der Waals surface area contributed by atoms with Crippen molar-refractivity contribution in [2.75, 3.05) is 7.11 Å². The van der Waals surface area contributed by atoms with Gasteiger partial charge < -0.3 is 21.5 Å². The number of aromatic nitrogens is 4. The van der Waals surface area contributed by atoms with Crippen molar-refractivity contribution in [1.82, 2.24) is 24.9 Å². The van der Waals surface area contributed by atoms with Crippen LogP contribution in [0.4, 0.5) is 5.69 Å². The first-order valence-corrected chi connectivity index (χ1v) is 17.6. The number of unbranched alkanes of at least 4 members (excludes halogenated alkanes) is 1. The highest BCUT2D eigenvalue weighted by Crippen LogP contribution is 2.46. The van der Waals surface area contributed by atoms with Crippen molar-refractivity contribution >= 4 is 41.0 Å². The van der Waals surface area contributed by atoms with Gasteiger partial charge in [0, 0.05) is 53.0 Å². The fourth-order valence-corrected chi connectivity index (χ4v) is 7.41. The summed E-state index contributed by atoms with van der Waals surface area (Å²) in [7, 11) is 1.54. The van der Waals surface area contributed by atoms with Crippen molar-refractivity contribution in [2.24, 2.45) is 16.5 Å². The molecule has 13 heteroatoms. The molecular formula is C39H44N8O5. The van der Waals surface area contributed by atoms with Crippen LogP contribution in [0.2, 0.25) is 0 Å². The van der Waals surface area contributed by atoms with E-state index < -0.39 is 11.8 Å². The lowest BCUT2D eigenvalue weighted by atomic mass is 9.85. The molecule has 52 heavy (non-hydrogen) atoms. The van der Waals surface area contributed by atoms with Gasteiger partial charge >= 0.3 is 0 Å². The molecule has 5 N–H and O–H groups in total. The SMILES string of the molecule is CCn1nc(C)cc1C(=O)CC1=Nc2cc(C(N)=O)cc(OC)c2[C@@H]1CCCCC1C(NC(=O)c2cc(C)nn2CC)=Cc2cc(C(N)=O)ccc21. The maximum absolute atomic E-state index is 13.7. The zero-order valence-corrected chi connectivity index (χ0v) is 30.2. The third kappa shape index (κ3) is 7.03. The Bertz CT molecular complexity index is 2160. The maximum Gasteiger partial charge on any atom is 0.273 e. The van der Waals surface area contributed by atoms with Gasteiger partial charge in [0.25, 0.3) is 5.91 Å². The van der Waals surface area contributed by atoms with E-state index in [1.54, 1.807) is 52.9 Å². The molecule has 2 aromatic heterocycles. The van der Waals surface area contributed by atoms with Crippen molar-refractivity contribution in [3.63, 3.8) is 0 Å². The largest absolute Gasteiger partial charge is 0.496 e. The molecule has 13 nitrogen and oxygen atoms in total. The maximum atomic E-state index is 13.7. The average Bonchev–Trinajstić information content (AvgIpc) is 3.88. The number of Topliss-reactive ketones (excluding diaryl/α,β-unsaturated/α-hetero) is 1. The molecule has 0 bridgehead atoms. The van der Waals surface area contributed by atoms with Crippen LogP contribution < -0.4 is 21.5 Å². The van der Waals surface area contributed by atoms with E-state index in [1.165, 1.54) is 0 Å². The minimum absolute atomic E-state index is 0.0869. The standard InChI is InChI=1S/C39H44N8O5/c1-6-46-32(14-21(3)44-46)34(48)20-30-28(36-31(42-30)18-25(38(41)50)19-35(36)52-5)11-9-8-10-27-26-13-12-23(37(40)49)16-24(26)17-29(27)43-39(51)33-15-22(4)45-47(33)7-2/h12-19,27-28H,6-11,20H2,1-5H3,(H2,40,49)(H2,41,50)(H,43,51)/t27?,28-/m1/s1. The number of primary amides is 2. The molecular weight excluding hydrogens is 660 g/mol. The van der Waals surface area contributed by atoms with Gasteiger partial charge in [-0.3, -0.25) is 33.5 Å². The number of aryl methyl sites for hydroxylation is 4. The molecule has 2 atom stereocenters. The minimum Gasteiger partial charge on any atom is -0.496 e. The summed E-state index contributed by atoms with van der Waals surface area (Å²) in [5.41, 5.74) is 19.1. The Labute approximate surface area is 302 Å². The Morgan fingerprint density at radius 2 is 1.46 bits per heavy atom. The van der Waals surface area contributed by atoms with Crippen LogP contribution in [0, 0.1) is 13.8 Å². The van der Waals surface area contributed by atoms with Gasteiger partial charge in [0.2, 0.25) is 11.8 Å². The third-order valence-corrected chi connectivity index (χ3v) is 9.83.